The zero-order valence-electron chi connectivity index (χ0n) is 18.8. The minimum absolute atomic E-state index is 0.0750. The molecule has 0 fully saturated rings. The van der Waals surface area contributed by atoms with Crippen molar-refractivity contribution in [2.45, 2.75) is 65.9 Å². The number of carbonyl (C=O) groups excluding carboxylic acids is 1. The van der Waals surface area contributed by atoms with Gasteiger partial charge in [-0.2, -0.15) is 0 Å². The van der Waals surface area contributed by atoms with Crippen LogP contribution in [-0.4, -0.2) is 38.0 Å². The van der Waals surface area contributed by atoms with Gasteiger partial charge in [-0.3, -0.25) is 4.79 Å². The van der Waals surface area contributed by atoms with Crippen molar-refractivity contribution < 1.29 is 19.0 Å². The Hall–Kier alpha value is -1.65. The van der Waals surface area contributed by atoms with E-state index < -0.39 is 5.60 Å². The smallest absolute Gasteiger partial charge is 0.313 e. The maximum Gasteiger partial charge on any atom is 0.313 e. The number of hydrogen-bond acceptors (Lipinski definition) is 4. The zero-order valence-corrected chi connectivity index (χ0v) is 18.8. The summed E-state index contributed by atoms with van der Waals surface area (Å²) in [5.74, 6) is -0.345. The summed E-state index contributed by atoms with van der Waals surface area (Å²) >= 11 is 0. The third-order valence-electron chi connectivity index (χ3n) is 5.30. The van der Waals surface area contributed by atoms with Crippen LogP contribution in [0.5, 0.6) is 0 Å². The highest BCUT2D eigenvalue weighted by molar-refractivity contribution is 5.76. The lowest BCUT2D eigenvalue weighted by atomic mass is 9.82. The second-order valence-corrected chi connectivity index (χ2v) is 9.04. The topological polar surface area (TPSA) is 44.8 Å². The average Bonchev–Trinajstić information content (AvgIpc) is 3.09. The van der Waals surface area contributed by atoms with E-state index in [4.69, 9.17) is 14.2 Å². The molecule has 1 aliphatic carbocycles. The van der Waals surface area contributed by atoms with Gasteiger partial charge in [0.25, 0.3) is 0 Å². The van der Waals surface area contributed by atoms with Crippen molar-refractivity contribution in [2.75, 3.05) is 26.4 Å². The molecule has 1 aliphatic rings. The molecule has 0 aromatic heterocycles. The van der Waals surface area contributed by atoms with E-state index in [1.165, 1.54) is 11.1 Å². The number of carbonyl (C=O) groups is 1. The summed E-state index contributed by atoms with van der Waals surface area (Å²) in [6, 6.07) is 10.3. The maximum atomic E-state index is 13.1. The molecule has 4 heteroatoms. The van der Waals surface area contributed by atoms with E-state index in [9.17, 15) is 4.79 Å². The second kappa shape index (κ2) is 10.9. The van der Waals surface area contributed by atoms with E-state index in [0.29, 0.717) is 26.4 Å². The van der Waals surface area contributed by atoms with E-state index in [-0.39, 0.29) is 17.3 Å². The van der Waals surface area contributed by atoms with Crippen molar-refractivity contribution in [3.05, 3.63) is 47.5 Å². The molecule has 1 atom stereocenters. The summed E-state index contributed by atoms with van der Waals surface area (Å²) in [7, 11) is 0. The highest BCUT2D eigenvalue weighted by Crippen LogP contribution is 2.42. The summed E-state index contributed by atoms with van der Waals surface area (Å²) in [5, 5.41) is 0. The first-order chi connectivity index (χ1) is 13.8. The molecule has 0 heterocycles. The lowest BCUT2D eigenvalue weighted by molar-refractivity contribution is -0.158. The molecule has 0 bridgehead atoms. The summed E-state index contributed by atoms with van der Waals surface area (Å²) < 4.78 is 17.4. The number of ether oxygens (including phenoxy) is 3. The highest BCUT2D eigenvalue weighted by Gasteiger charge is 2.40. The van der Waals surface area contributed by atoms with Gasteiger partial charge in [-0.05, 0) is 65.9 Å². The lowest BCUT2D eigenvalue weighted by Crippen LogP contribution is -2.33. The molecule has 29 heavy (non-hydrogen) atoms. The fourth-order valence-electron chi connectivity index (χ4n) is 3.87. The lowest BCUT2D eigenvalue weighted by Gasteiger charge is -2.30. The minimum Gasteiger partial charge on any atom is -0.460 e. The monoisotopic (exact) mass is 402 g/mol. The number of allylic oxidation sites excluding steroid dienone is 1. The van der Waals surface area contributed by atoms with Crippen molar-refractivity contribution in [3.8, 4) is 0 Å². The molecule has 1 aromatic rings. The Kier molecular flexibility index (Phi) is 8.91. The molecule has 162 valence electrons. The Morgan fingerprint density at radius 3 is 2.24 bits per heavy atom. The molecule has 0 amide bonds. The van der Waals surface area contributed by atoms with Crippen LogP contribution in [0.2, 0.25) is 0 Å². The third kappa shape index (κ3) is 7.60. The molecule has 0 aliphatic heterocycles. The van der Waals surface area contributed by atoms with Gasteiger partial charge in [0.15, 0.2) is 0 Å². The molecule has 0 unspecified atom stereocenters. The fourth-order valence-corrected chi connectivity index (χ4v) is 3.87. The van der Waals surface area contributed by atoms with Gasteiger partial charge in [-0.15, -0.1) is 0 Å². The molecule has 0 radical (unpaired) electrons. The van der Waals surface area contributed by atoms with Crippen LogP contribution in [0.4, 0.5) is 0 Å². The number of benzene rings is 1. The normalized spacial score (nSPS) is 17.1. The van der Waals surface area contributed by atoms with Crippen LogP contribution in [0.15, 0.2) is 42.0 Å². The average molecular weight is 403 g/mol. The predicted octanol–water partition coefficient (Wildman–Crippen LogP) is 5.36. The Bertz CT molecular complexity index is 649. The van der Waals surface area contributed by atoms with Gasteiger partial charge >= 0.3 is 5.97 Å². The Labute approximate surface area is 176 Å². The van der Waals surface area contributed by atoms with E-state index in [1.54, 1.807) is 0 Å². The molecule has 0 saturated heterocycles. The number of aryl methyl sites for hydroxylation is 1. The molecular formula is C25H38O4. The predicted molar refractivity (Wildman–Crippen MR) is 117 cm³/mol. The van der Waals surface area contributed by atoms with Crippen LogP contribution >= 0.6 is 0 Å². The van der Waals surface area contributed by atoms with Crippen molar-refractivity contribution in [1.29, 1.82) is 0 Å². The van der Waals surface area contributed by atoms with E-state index >= 15 is 0 Å². The first-order valence-corrected chi connectivity index (χ1v) is 10.9. The molecule has 0 spiro atoms. The van der Waals surface area contributed by atoms with Crippen LogP contribution in [-0.2, 0) is 25.4 Å². The molecule has 2 rings (SSSR count). The Morgan fingerprint density at radius 1 is 1.07 bits per heavy atom. The maximum absolute atomic E-state index is 13.1. The van der Waals surface area contributed by atoms with Gasteiger partial charge in [-0.25, -0.2) is 0 Å². The molecule has 0 saturated carbocycles. The fraction of sp³-hybridized carbons (Fsp3) is 0.640. The first-order valence-electron chi connectivity index (χ1n) is 10.9. The zero-order chi connectivity index (χ0) is 21.3. The molecule has 4 nitrogen and oxygen atoms in total. The van der Waals surface area contributed by atoms with Gasteiger partial charge < -0.3 is 14.2 Å². The van der Waals surface area contributed by atoms with E-state index in [0.717, 1.165) is 25.7 Å². The first kappa shape index (κ1) is 23.6. The van der Waals surface area contributed by atoms with Crippen molar-refractivity contribution >= 4 is 5.97 Å². The van der Waals surface area contributed by atoms with Gasteiger partial charge in [0, 0.05) is 18.6 Å². The Morgan fingerprint density at radius 2 is 1.69 bits per heavy atom. The summed E-state index contributed by atoms with van der Waals surface area (Å²) in [6.07, 6.45) is 5.55. The van der Waals surface area contributed by atoms with Crippen molar-refractivity contribution in [3.63, 3.8) is 0 Å². The van der Waals surface area contributed by atoms with E-state index in [2.05, 4.69) is 18.2 Å². The molecule has 0 N–H and O–H groups in total. The summed E-state index contributed by atoms with van der Waals surface area (Å²) in [5.41, 5.74) is 1.85. The van der Waals surface area contributed by atoms with E-state index in [1.807, 2.05) is 52.8 Å². The minimum atomic E-state index is -0.491. The largest absolute Gasteiger partial charge is 0.460 e. The van der Waals surface area contributed by atoms with Crippen LogP contribution in [0.3, 0.4) is 0 Å². The molecular weight excluding hydrogens is 364 g/mol. The highest BCUT2D eigenvalue weighted by atomic mass is 16.6. The van der Waals surface area contributed by atoms with Crippen molar-refractivity contribution in [2.24, 2.45) is 11.3 Å². The van der Waals surface area contributed by atoms with Gasteiger partial charge in [0.1, 0.15) is 5.60 Å². The Balaban J connectivity index is 2.15. The van der Waals surface area contributed by atoms with Crippen LogP contribution < -0.4 is 0 Å². The van der Waals surface area contributed by atoms with Gasteiger partial charge in [0.2, 0.25) is 0 Å². The van der Waals surface area contributed by atoms with Gasteiger partial charge in [-0.1, -0.05) is 42.0 Å². The number of rotatable bonds is 11. The van der Waals surface area contributed by atoms with Crippen LogP contribution in [0, 0.1) is 11.3 Å². The quantitative estimate of drug-likeness (QED) is 0.369. The second-order valence-electron chi connectivity index (χ2n) is 9.04. The van der Waals surface area contributed by atoms with Gasteiger partial charge in [0.05, 0.1) is 19.1 Å². The standard InChI is InChI=1S/C25H38O4/c1-6-27-18-25(19-28-7-2)16-15-21(17-25)22(23(26)29-24(3,4)5)14-13-20-11-9-8-10-12-20/h8-12,15,22H,6-7,13-14,16-19H2,1-5H3/t22-/m1/s1. The third-order valence-corrected chi connectivity index (χ3v) is 5.30. The van der Waals surface area contributed by atoms with Crippen LogP contribution in [0.25, 0.3) is 0 Å². The van der Waals surface area contributed by atoms with Crippen LogP contribution in [0.1, 0.15) is 59.4 Å². The summed E-state index contributed by atoms with van der Waals surface area (Å²) in [4.78, 5) is 13.1. The summed E-state index contributed by atoms with van der Waals surface area (Å²) in [6.45, 7) is 12.5. The SMILES string of the molecule is CCOCC1(COCC)CC=C([C@@H](CCc2ccccc2)C(=O)OC(C)(C)C)C1. The number of hydrogen-bond donors (Lipinski definition) is 0. The van der Waals surface area contributed by atoms with Crippen molar-refractivity contribution in [1.82, 2.24) is 0 Å². The number of esters is 1. The molecule has 1 aromatic carbocycles.